The molecule has 3 nitrogen and oxygen atoms in total. The molecule has 0 radical (unpaired) electrons. The van der Waals surface area contributed by atoms with Crippen LogP contribution in [0.25, 0.3) is 0 Å². The fraction of sp³-hybridized carbons (Fsp3) is 0.900. The standard InChI is InChI=1S/C10H21NO2/c1-5-7-8-13-9(12)10(3,6-2)11-4/h11H,5-8H2,1-4H3. The van der Waals surface area contributed by atoms with E-state index >= 15 is 0 Å². The van der Waals surface area contributed by atoms with Crippen LogP contribution in [0, 0.1) is 0 Å². The first kappa shape index (κ1) is 12.4. The Hall–Kier alpha value is -0.570. The number of nitrogens with one attached hydrogen (secondary N) is 1. The lowest BCUT2D eigenvalue weighted by Gasteiger charge is -2.25. The first-order valence-electron chi connectivity index (χ1n) is 4.96. The highest BCUT2D eigenvalue weighted by Crippen LogP contribution is 2.10. The van der Waals surface area contributed by atoms with Gasteiger partial charge in [0.05, 0.1) is 6.61 Å². The smallest absolute Gasteiger partial charge is 0.326 e. The van der Waals surface area contributed by atoms with Gasteiger partial charge in [0.1, 0.15) is 5.54 Å². The molecule has 0 aliphatic rings. The fourth-order valence-corrected chi connectivity index (χ4v) is 0.892. The zero-order valence-electron chi connectivity index (χ0n) is 9.14. The SMILES string of the molecule is CCCCOC(=O)C(C)(CC)NC. The van der Waals surface area contributed by atoms with Crippen LogP contribution in [0.2, 0.25) is 0 Å². The Kier molecular flexibility index (Phi) is 5.71. The molecule has 0 saturated carbocycles. The lowest BCUT2D eigenvalue weighted by atomic mass is 10.00. The van der Waals surface area contributed by atoms with Crippen molar-refractivity contribution in [3.05, 3.63) is 0 Å². The molecule has 0 amide bonds. The summed E-state index contributed by atoms with van der Waals surface area (Å²) in [5.41, 5.74) is -0.520. The summed E-state index contributed by atoms with van der Waals surface area (Å²) in [5, 5.41) is 2.98. The van der Waals surface area contributed by atoms with Gasteiger partial charge < -0.3 is 10.1 Å². The molecule has 13 heavy (non-hydrogen) atoms. The van der Waals surface area contributed by atoms with Crippen molar-refractivity contribution in [3.63, 3.8) is 0 Å². The van der Waals surface area contributed by atoms with Gasteiger partial charge in [-0.25, -0.2) is 0 Å². The number of hydrogen-bond acceptors (Lipinski definition) is 3. The number of likely N-dealkylation sites (N-methyl/N-ethyl adjacent to an activating group) is 1. The van der Waals surface area contributed by atoms with Gasteiger partial charge >= 0.3 is 5.97 Å². The van der Waals surface area contributed by atoms with Crippen LogP contribution in [-0.4, -0.2) is 25.2 Å². The predicted molar refractivity (Wildman–Crippen MR) is 53.6 cm³/mol. The van der Waals surface area contributed by atoms with Crippen LogP contribution in [0.4, 0.5) is 0 Å². The van der Waals surface area contributed by atoms with Gasteiger partial charge in [-0.3, -0.25) is 4.79 Å². The van der Waals surface area contributed by atoms with Gasteiger partial charge in [-0.1, -0.05) is 20.3 Å². The number of carbonyl (C=O) groups excluding carboxylic acids is 1. The number of hydrogen-bond donors (Lipinski definition) is 1. The van der Waals surface area contributed by atoms with Gasteiger partial charge in [0, 0.05) is 0 Å². The summed E-state index contributed by atoms with van der Waals surface area (Å²) < 4.78 is 5.13. The van der Waals surface area contributed by atoms with E-state index in [4.69, 9.17) is 4.74 Å². The summed E-state index contributed by atoms with van der Waals surface area (Å²) in [5.74, 6) is -0.147. The van der Waals surface area contributed by atoms with E-state index in [1.807, 2.05) is 13.8 Å². The molecule has 3 heteroatoms. The minimum Gasteiger partial charge on any atom is -0.464 e. The van der Waals surface area contributed by atoms with Gasteiger partial charge in [0.2, 0.25) is 0 Å². The lowest BCUT2D eigenvalue weighted by Crippen LogP contribution is -2.48. The average Bonchev–Trinajstić information content (AvgIpc) is 2.17. The van der Waals surface area contributed by atoms with Crippen LogP contribution in [0.1, 0.15) is 40.0 Å². The third kappa shape index (κ3) is 3.77. The van der Waals surface area contributed by atoms with Crippen molar-refractivity contribution in [2.75, 3.05) is 13.7 Å². The van der Waals surface area contributed by atoms with Gasteiger partial charge in [-0.15, -0.1) is 0 Å². The van der Waals surface area contributed by atoms with Crippen LogP contribution in [0.3, 0.4) is 0 Å². The first-order chi connectivity index (χ1) is 6.10. The first-order valence-corrected chi connectivity index (χ1v) is 4.96. The third-order valence-electron chi connectivity index (χ3n) is 2.44. The molecule has 0 saturated heterocycles. The van der Waals surface area contributed by atoms with E-state index in [1.54, 1.807) is 7.05 Å². The highest BCUT2D eigenvalue weighted by atomic mass is 16.5. The number of carbonyl (C=O) groups is 1. The van der Waals surface area contributed by atoms with Crippen molar-refractivity contribution in [2.24, 2.45) is 0 Å². The molecule has 0 aromatic heterocycles. The topological polar surface area (TPSA) is 38.3 Å². The Morgan fingerprint density at radius 1 is 1.46 bits per heavy atom. The molecule has 1 N–H and O–H groups in total. The fourth-order valence-electron chi connectivity index (χ4n) is 0.892. The molecule has 0 aliphatic heterocycles. The number of ether oxygens (including phenoxy) is 1. The molecular formula is C10H21NO2. The molecule has 0 bridgehead atoms. The zero-order valence-corrected chi connectivity index (χ0v) is 9.14. The van der Waals surface area contributed by atoms with Crippen LogP contribution < -0.4 is 5.32 Å². The molecule has 0 heterocycles. The number of rotatable bonds is 6. The third-order valence-corrected chi connectivity index (χ3v) is 2.44. The van der Waals surface area contributed by atoms with E-state index in [0.717, 1.165) is 19.3 Å². The second kappa shape index (κ2) is 5.97. The van der Waals surface area contributed by atoms with E-state index in [-0.39, 0.29) is 5.97 Å². The van der Waals surface area contributed by atoms with Crippen molar-refractivity contribution < 1.29 is 9.53 Å². The molecule has 0 aromatic carbocycles. The molecule has 0 aromatic rings. The normalized spacial score (nSPS) is 15.1. The summed E-state index contributed by atoms with van der Waals surface area (Å²) in [6, 6.07) is 0. The van der Waals surface area contributed by atoms with Crippen molar-refractivity contribution in [3.8, 4) is 0 Å². The summed E-state index contributed by atoms with van der Waals surface area (Å²) in [4.78, 5) is 11.5. The van der Waals surface area contributed by atoms with Crippen LogP contribution in [0.5, 0.6) is 0 Å². The highest BCUT2D eigenvalue weighted by Gasteiger charge is 2.30. The van der Waals surface area contributed by atoms with Crippen molar-refractivity contribution in [1.29, 1.82) is 0 Å². The van der Waals surface area contributed by atoms with E-state index in [9.17, 15) is 4.79 Å². The molecule has 1 unspecified atom stereocenters. The van der Waals surface area contributed by atoms with Crippen molar-refractivity contribution >= 4 is 5.97 Å². The van der Waals surface area contributed by atoms with Crippen molar-refractivity contribution in [2.45, 2.75) is 45.6 Å². The molecule has 0 rings (SSSR count). The average molecular weight is 187 g/mol. The maximum atomic E-state index is 11.5. The Balaban J connectivity index is 3.92. The van der Waals surface area contributed by atoms with Gasteiger partial charge in [-0.2, -0.15) is 0 Å². The van der Waals surface area contributed by atoms with E-state index in [1.165, 1.54) is 0 Å². The van der Waals surface area contributed by atoms with Crippen molar-refractivity contribution in [1.82, 2.24) is 5.32 Å². The summed E-state index contributed by atoms with van der Waals surface area (Å²) in [7, 11) is 1.78. The summed E-state index contributed by atoms with van der Waals surface area (Å²) in [6.07, 6.45) is 2.74. The number of esters is 1. The minimum atomic E-state index is -0.520. The quantitative estimate of drug-likeness (QED) is 0.508. The molecule has 1 atom stereocenters. The highest BCUT2D eigenvalue weighted by molar-refractivity contribution is 5.80. The van der Waals surface area contributed by atoms with Gasteiger partial charge in [-0.05, 0) is 26.8 Å². The molecule has 78 valence electrons. The monoisotopic (exact) mass is 187 g/mol. The summed E-state index contributed by atoms with van der Waals surface area (Å²) in [6.45, 7) is 6.44. The second-order valence-electron chi connectivity index (χ2n) is 3.43. The largest absolute Gasteiger partial charge is 0.464 e. The van der Waals surface area contributed by atoms with E-state index in [2.05, 4.69) is 12.2 Å². The lowest BCUT2D eigenvalue weighted by molar-refractivity contribution is -0.151. The number of unbranched alkanes of at least 4 members (excludes halogenated alkanes) is 1. The zero-order chi connectivity index (χ0) is 10.3. The second-order valence-corrected chi connectivity index (χ2v) is 3.43. The predicted octanol–water partition coefficient (Wildman–Crippen LogP) is 1.72. The van der Waals surface area contributed by atoms with E-state index in [0.29, 0.717) is 6.61 Å². The summed E-state index contributed by atoms with van der Waals surface area (Å²) >= 11 is 0. The maximum absolute atomic E-state index is 11.5. The van der Waals surface area contributed by atoms with Gasteiger partial charge in [0.25, 0.3) is 0 Å². The molecular weight excluding hydrogens is 166 g/mol. The Morgan fingerprint density at radius 2 is 2.08 bits per heavy atom. The van der Waals surface area contributed by atoms with Crippen LogP contribution in [-0.2, 0) is 9.53 Å². The Bertz CT molecular complexity index is 153. The molecule has 0 spiro atoms. The van der Waals surface area contributed by atoms with Crippen LogP contribution >= 0.6 is 0 Å². The Labute approximate surface area is 80.8 Å². The maximum Gasteiger partial charge on any atom is 0.326 e. The van der Waals surface area contributed by atoms with E-state index < -0.39 is 5.54 Å². The molecule has 0 fully saturated rings. The van der Waals surface area contributed by atoms with Crippen LogP contribution in [0.15, 0.2) is 0 Å². The van der Waals surface area contributed by atoms with Gasteiger partial charge in [0.15, 0.2) is 0 Å². The minimum absolute atomic E-state index is 0.147. The molecule has 0 aliphatic carbocycles. The Morgan fingerprint density at radius 3 is 2.46 bits per heavy atom.